The largest absolute Gasteiger partial charge is 0.336 e. The first-order valence-corrected chi connectivity index (χ1v) is 9.90. The van der Waals surface area contributed by atoms with Gasteiger partial charge in [0.25, 0.3) is 5.91 Å². The van der Waals surface area contributed by atoms with Crippen LogP contribution in [0.1, 0.15) is 33.2 Å². The number of amides is 1. The molecule has 7 nitrogen and oxygen atoms in total. The van der Waals surface area contributed by atoms with Gasteiger partial charge in [0, 0.05) is 63.5 Å². The van der Waals surface area contributed by atoms with Gasteiger partial charge in [0.2, 0.25) is 0 Å². The van der Waals surface area contributed by atoms with Crippen molar-refractivity contribution in [2.24, 2.45) is 7.05 Å². The highest BCUT2D eigenvalue weighted by Crippen LogP contribution is 2.16. The van der Waals surface area contributed by atoms with E-state index in [9.17, 15) is 4.79 Å². The van der Waals surface area contributed by atoms with Gasteiger partial charge in [-0.3, -0.25) is 14.4 Å². The lowest BCUT2D eigenvalue weighted by Crippen LogP contribution is -2.35. The Balaban J connectivity index is 1.58. The molecule has 8 heteroatoms. The molecule has 0 N–H and O–H groups in total. The number of hydrogen-bond acceptors (Lipinski definition) is 6. The molecule has 1 aliphatic rings. The molecule has 0 aliphatic carbocycles. The van der Waals surface area contributed by atoms with Crippen LogP contribution in [0, 0.1) is 6.92 Å². The minimum absolute atomic E-state index is 0.0608. The molecule has 3 rings (SSSR count). The van der Waals surface area contributed by atoms with E-state index in [1.807, 2.05) is 36.1 Å². The third-order valence-corrected chi connectivity index (χ3v) is 5.44. The molecule has 1 saturated heterocycles. The summed E-state index contributed by atoms with van der Waals surface area (Å²) in [6, 6.07) is 0. The Morgan fingerprint density at radius 2 is 2.08 bits per heavy atom. The highest BCUT2D eigenvalue weighted by atomic mass is 32.1. The lowest BCUT2D eigenvalue weighted by molar-refractivity contribution is 0.0755. The zero-order valence-electron chi connectivity index (χ0n) is 16.1. The van der Waals surface area contributed by atoms with Gasteiger partial charge in [0.1, 0.15) is 10.7 Å². The summed E-state index contributed by atoms with van der Waals surface area (Å²) in [6.07, 6.45) is 3.07. The van der Waals surface area contributed by atoms with E-state index in [0.717, 1.165) is 56.4 Å². The fraction of sp³-hybridized carbons (Fsp3) is 0.611. The highest BCUT2D eigenvalue weighted by molar-refractivity contribution is 7.09. The Hall–Kier alpha value is -1.77. The minimum atomic E-state index is 0.0608. The zero-order valence-corrected chi connectivity index (χ0v) is 16.9. The first kappa shape index (κ1) is 19.0. The number of hydrogen-bond donors (Lipinski definition) is 0. The molecule has 0 saturated carbocycles. The standard InChI is InChI=1S/C18H28N6OS/c1-14-15(10-22(4)20-14)11-23-6-5-7-24(9-8-23)18(25)16-13-26-17(19-16)12-21(2)3/h10,13H,5-9,11-12H2,1-4H3. The van der Waals surface area contributed by atoms with E-state index in [1.54, 1.807) is 11.3 Å². The number of carbonyl (C=O) groups is 1. The molecule has 0 radical (unpaired) electrons. The lowest BCUT2D eigenvalue weighted by atomic mass is 10.2. The average Bonchev–Trinajstić information content (AvgIpc) is 3.06. The molecule has 26 heavy (non-hydrogen) atoms. The van der Waals surface area contributed by atoms with Crippen LogP contribution in [0.5, 0.6) is 0 Å². The van der Waals surface area contributed by atoms with Crippen LogP contribution in [0.3, 0.4) is 0 Å². The van der Waals surface area contributed by atoms with Crippen molar-refractivity contribution in [1.29, 1.82) is 0 Å². The minimum Gasteiger partial charge on any atom is -0.336 e. The number of nitrogens with zero attached hydrogens (tertiary/aromatic N) is 6. The molecule has 1 amide bonds. The average molecular weight is 377 g/mol. The van der Waals surface area contributed by atoms with Gasteiger partial charge in [-0.15, -0.1) is 11.3 Å². The monoisotopic (exact) mass is 376 g/mol. The quantitative estimate of drug-likeness (QED) is 0.793. The molecule has 2 aromatic heterocycles. The van der Waals surface area contributed by atoms with Crippen molar-refractivity contribution in [1.82, 2.24) is 29.5 Å². The molecular formula is C18H28N6OS. The van der Waals surface area contributed by atoms with E-state index in [2.05, 4.69) is 33.0 Å². The lowest BCUT2D eigenvalue weighted by Gasteiger charge is -2.21. The van der Waals surface area contributed by atoms with E-state index in [-0.39, 0.29) is 5.91 Å². The molecule has 1 aliphatic heterocycles. The Morgan fingerprint density at radius 1 is 1.27 bits per heavy atom. The van der Waals surface area contributed by atoms with Crippen molar-refractivity contribution >= 4 is 17.2 Å². The van der Waals surface area contributed by atoms with Gasteiger partial charge in [-0.25, -0.2) is 4.98 Å². The summed E-state index contributed by atoms with van der Waals surface area (Å²) in [6.45, 7) is 7.15. The first-order valence-electron chi connectivity index (χ1n) is 9.02. The van der Waals surface area contributed by atoms with E-state index in [1.165, 1.54) is 5.56 Å². The normalized spacial score (nSPS) is 16.3. The molecule has 2 aromatic rings. The maximum atomic E-state index is 12.8. The van der Waals surface area contributed by atoms with Crippen LogP contribution in [0.4, 0.5) is 0 Å². The van der Waals surface area contributed by atoms with Crippen LogP contribution in [-0.2, 0) is 20.1 Å². The van der Waals surface area contributed by atoms with Crippen molar-refractivity contribution in [3.8, 4) is 0 Å². The fourth-order valence-electron chi connectivity index (χ4n) is 3.29. The van der Waals surface area contributed by atoms with Gasteiger partial charge in [0.15, 0.2) is 0 Å². The molecule has 142 valence electrons. The Bertz CT molecular complexity index is 753. The molecule has 1 fully saturated rings. The molecule has 0 bridgehead atoms. The maximum Gasteiger partial charge on any atom is 0.273 e. The number of thiazole rings is 1. The first-order chi connectivity index (χ1) is 12.4. The zero-order chi connectivity index (χ0) is 18.7. The van der Waals surface area contributed by atoms with Crippen molar-refractivity contribution < 1.29 is 4.79 Å². The second-order valence-corrected chi connectivity index (χ2v) is 8.14. The number of aryl methyl sites for hydroxylation is 2. The predicted octanol–water partition coefficient (Wildman–Crippen LogP) is 1.59. The van der Waals surface area contributed by atoms with E-state index in [0.29, 0.717) is 5.69 Å². The summed E-state index contributed by atoms with van der Waals surface area (Å²) >= 11 is 1.56. The molecule has 0 atom stereocenters. The van der Waals surface area contributed by atoms with Crippen LogP contribution in [0.15, 0.2) is 11.6 Å². The smallest absolute Gasteiger partial charge is 0.273 e. The van der Waals surface area contributed by atoms with Gasteiger partial charge in [-0.2, -0.15) is 5.10 Å². The third-order valence-electron chi connectivity index (χ3n) is 4.61. The molecule has 0 aromatic carbocycles. The van der Waals surface area contributed by atoms with Crippen molar-refractivity contribution in [2.45, 2.75) is 26.4 Å². The highest BCUT2D eigenvalue weighted by Gasteiger charge is 2.23. The van der Waals surface area contributed by atoms with Gasteiger partial charge >= 0.3 is 0 Å². The molecule has 0 unspecified atom stereocenters. The summed E-state index contributed by atoms with van der Waals surface area (Å²) in [5.74, 6) is 0.0608. The van der Waals surface area contributed by atoms with Gasteiger partial charge < -0.3 is 9.80 Å². The van der Waals surface area contributed by atoms with Gasteiger partial charge in [-0.05, 0) is 27.4 Å². The second-order valence-electron chi connectivity index (χ2n) is 7.20. The van der Waals surface area contributed by atoms with Crippen LogP contribution >= 0.6 is 11.3 Å². The molecule has 3 heterocycles. The summed E-state index contributed by atoms with van der Waals surface area (Å²) in [7, 11) is 5.98. The van der Waals surface area contributed by atoms with Crippen LogP contribution in [-0.4, -0.2) is 75.6 Å². The molecular weight excluding hydrogens is 348 g/mol. The number of rotatable bonds is 5. The fourth-order valence-corrected chi connectivity index (χ4v) is 4.18. The summed E-state index contributed by atoms with van der Waals surface area (Å²) in [5, 5.41) is 7.30. The van der Waals surface area contributed by atoms with Crippen LogP contribution in [0.2, 0.25) is 0 Å². The predicted molar refractivity (Wildman–Crippen MR) is 103 cm³/mol. The Labute approximate surface area is 159 Å². The van der Waals surface area contributed by atoms with Gasteiger partial charge in [-0.1, -0.05) is 0 Å². The van der Waals surface area contributed by atoms with Crippen molar-refractivity contribution in [3.05, 3.63) is 33.5 Å². The van der Waals surface area contributed by atoms with E-state index >= 15 is 0 Å². The van der Waals surface area contributed by atoms with E-state index < -0.39 is 0 Å². The Morgan fingerprint density at radius 3 is 2.77 bits per heavy atom. The van der Waals surface area contributed by atoms with Crippen molar-refractivity contribution in [3.63, 3.8) is 0 Å². The topological polar surface area (TPSA) is 57.5 Å². The maximum absolute atomic E-state index is 12.8. The third kappa shape index (κ3) is 4.69. The summed E-state index contributed by atoms with van der Waals surface area (Å²) < 4.78 is 1.87. The van der Waals surface area contributed by atoms with Crippen LogP contribution < -0.4 is 0 Å². The summed E-state index contributed by atoms with van der Waals surface area (Å²) in [5.41, 5.74) is 2.93. The van der Waals surface area contributed by atoms with E-state index in [4.69, 9.17) is 0 Å². The Kier molecular flexibility index (Phi) is 6.05. The van der Waals surface area contributed by atoms with Gasteiger partial charge in [0.05, 0.1) is 5.69 Å². The van der Waals surface area contributed by atoms with Crippen LogP contribution in [0.25, 0.3) is 0 Å². The number of carbonyl (C=O) groups excluding carboxylic acids is 1. The second kappa shape index (κ2) is 8.28. The summed E-state index contributed by atoms with van der Waals surface area (Å²) in [4.78, 5) is 23.7. The van der Waals surface area contributed by atoms with Crippen molar-refractivity contribution in [2.75, 3.05) is 40.3 Å². The SMILES string of the molecule is Cc1nn(C)cc1CN1CCCN(C(=O)c2csc(CN(C)C)n2)CC1. The number of aromatic nitrogens is 3. The molecule has 0 spiro atoms.